The highest BCUT2D eigenvalue weighted by Crippen LogP contribution is 2.44. The number of hydrogen-bond donors (Lipinski definition) is 0. The van der Waals surface area contributed by atoms with Crippen molar-refractivity contribution in [3.8, 4) is 0 Å². The molecule has 0 N–H and O–H groups in total. The Morgan fingerprint density at radius 1 is 0.609 bits per heavy atom. The molecule has 3 aromatic rings. The first-order valence-electron chi connectivity index (χ1n) is 8.40. The van der Waals surface area contributed by atoms with Crippen LogP contribution in [0.1, 0.15) is 19.4 Å². The third-order valence-corrected chi connectivity index (χ3v) is 4.65. The second kappa shape index (κ2) is 6.80. The Morgan fingerprint density at radius 3 is 1.57 bits per heavy atom. The molecule has 3 aromatic carbocycles. The van der Waals surface area contributed by atoms with Crippen LogP contribution in [-0.4, -0.2) is 6.54 Å². The maximum Gasteiger partial charge on any atom is 0.146 e. The first kappa shape index (κ1) is 15.5. The van der Waals surface area contributed by atoms with Crippen molar-refractivity contribution in [3.63, 3.8) is 0 Å². The van der Waals surface area contributed by atoms with Crippen molar-refractivity contribution in [2.45, 2.75) is 20.3 Å². The summed E-state index contributed by atoms with van der Waals surface area (Å²) >= 11 is 0. The summed E-state index contributed by atoms with van der Waals surface area (Å²) in [6.07, 6.45) is 1.04. The van der Waals surface area contributed by atoms with Crippen molar-refractivity contribution < 1.29 is 0 Å². The second-order valence-corrected chi connectivity index (χ2v) is 5.78. The topological polar surface area (TPSA) is 0 Å². The molecule has 0 fully saturated rings. The molecule has 0 aliphatic rings. The zero-order valence-corrected chi connectivity index (χ0v) is 13.9. The van der Waals surface area contributed by atoms with Gasteiger partial charge >= 0.3 is 0 Å². The number of quaternary nitrogens is 1. The van der Waals surface area contributed by atoms with Gasteiger partial charge in [0.1, 0.15) is 17.1 Å². The third-order valence-electron chi connectivity index (χ3n) is 4.65. The van der Waals surface area contributed by atoms with Crippen LogP contribution in [0.15, 0.2) is 84.9 Å². The Bertz CT molecular complexity index is 708. The number of aryl methyl sites for hydroxylation is 1. The summed E-state index contributed by atoms with van der Waals surface area (Å²) in [6.45, 7) is 5.48. The Hall–Kier alpha value is -2.38. The minimum absolute atomic E-state index is 0.756. The molecule has 1 heteroatoms. The van der Waals surface area contributed by atoms with E-state index in [2.05, 4.69) is 98.8 Å². The predicted octanol–water partition coefficient (Wildman–Crippen LogP) is 6.24. The van der Waals surface area contributed by atoms with Gasteiger partial charge in [0.15, 0.2) is 0 Å². The SMILES string of the molecule is CCc1ccccc1[N+](CC)(c1ccccc1)c1ccccc1. The molecule has 0 unspecified atom stereocenters. The lowest BCUT2D eigenvalue weighted by Crippen LogP contribution is -2.39. The zero-order valence-electron chi connectivity index (χ0n) is 13.9. The molecule has 0 bridgehead atoms. The van der Waals surface area contributed by atoms with Gasteiger partial charge in [-0.2, -0.15) is 0 Å². The normalized spacial score (nSPS) is 11.4. The first-order chi connectivity index (χ1) is 11.3. The summed E-state index contributed by atoms with van der Waals surface area (Å²) in [6, 6.07) is 30.5. The van der Waals surface area contributed by atoms with Crippen LogP contribution in [0.5, 0.6) is 0 Å². The Morgan fingerprint density at radius 2 is 1.09 bits per heavy atom. The molecule has 0 saturated carbocycles. The standard InChI is InChI=1S/C22H24N/c1-3-19-13-11-12-18-22(19)23(4-2,20-14-7-5-8-15-20)21-16-9-6-10-17-21/h5-18H,3-4H2,1-2H3/q+1. The fraction of sp³-hybridized carbons (Fsp3) is 0.182. The van der Waals surface area contributed by atoms with Crippen LogP contribution in [0.4, 0.5) is 17.1 Å². The van der Waals surface area contributed by atoms with Gasteiger partial charge in [0.2, 0.25) is 0 Å². The Labute approximate surface area is 139 Å². The van der Waals surface area contributed by atoms with Gasteiger partial charge in [0, 0.05) is 11.6 Å². The predicted molar refractivity (Wildman–Crippen MR) is 100 cm³/mol. The maximum absolute atomic E-state index is 2.28. The molecule has 0 aromatic heterocycles. The van der Waals surface area contributed by atoms with Crippen LogP contribution in [0, 0.1) is 0 Å². The lowest BCUT2D eigenvalue weighted by Gasteiger charge is -2.37. The molecular weight excluding hydrogens is 278 g/mol. The molecule has 0 amide bonds. The Balaban J connectivity index is 2.34. The number of benzene rings is 3. The highest BCUT2D eigenvalue weighted by molar-refractivity contribution is 5.72. The fourth-order valence-corrected chi connectivity index (χ4v) is 3.51. The van der Waals surface area contributed by atoms with Crippen molar-refractivity contribution in [3.05, 3.63) is 90.5 Å². The Kier molecular flexibility index (Phi) is 4.59. The number of hydrogen-bond acceptors (Lipinski definition) is 0. The lowest BCUT2D eigenvalue weighted by atomic mass is 10.0. The van der Waals surface area contributed by atoms with Crippen LogP contribution in [0.25, 0.3) is 0 Å². The van der Waals surface area contributed by atoms with Crippen LogP contribution in [0.2, 0.25) is 0 Å². The largest absolute Gasteiger partial charge is 0.227 e. The van der Waals surface area contributed by atoms with E-state index in [0.29, 0.717) is 0 Å². The number of nitrogens with zero attached hydrogens (tertiary/aromatic N) is 1. The molecule has 0 heterocycles. The van der Waals surface area contributed by atoms with E-state index in [-0.39, 0.29) is 0 Å². The van der Waals surface area contributed by atoms with E-state index in [9.17, 15) is 0 Å². The summed E-state index contributed by atoms with van der Waals surface area (Å²) < 4.78 is 0.756. The van der Waals surface area contributed by atoms with Gasteiger partial charge in [-0.05, 0) is 37.6 Å². The van der Waals surface area contributed by atoms with Crippen LogP contribution in [-0.2, 0) is 6.42 Å². The van der Waals surface area contributed by atoms with E-state index in [0.717, 1.165) is 17.4 Å². The van der Waals surface area contributed by atoms with Crippen molar-refractivity contribution in [1.29, 1.82) is 0 Å². The highest BCUT2D eigenvalue weighted by Gasteiger charge is 2.35. The number of para-hydroxylation sites is 3. The van der Waals surface area contributed by atoms with Crippen molar-refractivity contribution in [2.24, 2.45) is 0 Å². The molecule has 0 atom stereocenters. The summed E-state index contributed by atoms with van der Waals surface area (Å²) in [4.78, 5) is 0. The third kappa shape index (κ3) is 2.69. The smallest absolute Gasteiger partial charge is 0.146 e. The molecule has 0 radical (unpaired) electrons. The molecule has 0 saturated heterocycles. The highest BCUT2D eigenvalue weighted by atomic mass is 15.4. The van der Waals surface area contributed by atoms with E-state index >= 15 is 0 Å². The molecule has 116 valence electrons. The van der Waals surface area contributed by atoms with Gasteiger partial charge in [-0.15, -0.1) is 0 Å². The molecule has 23 heavy (non-hydrogen) atoms. The first-order valence-corrected chi connectivity index (χ1v) is 8.40. The minimum atomic E-state index is 0.756. The van der Waals surface area contributed by atoms with E-state index in [4.69, 9.17) is 0 Å². The number of rotatable bonds is 5. The average Bonchev–Trinajstić information content (AvgIpc) is 2.65. The summed E-state index contributed by atoms with van der Waals surface area (Å²) in [5, 5.41) is 0. The van der Waals surface area contributed by atoms with Gasteiger partial charge in [0.05, 0.1) is 6.54 Å². The quantitative estimate of drug-likeness (QED) is 0.489. The van der Waals surface area contributed by atoms with Gasteiger partial charge in [0.25, 0.3) is 0 Å². The minimum Gasteiger partial charge on any atom is -0.227 e. The van der Waals surface area contributed by atoms with Gasteiger partial charge in [-0.3, -0.25) is 0 Å². The molecular formula is C22H24N+. The molecule has 0 spiro atoms. The van der Waals surface area contributed by atoms with Crippen molar-refractivity contribution in [2.75, 3.05) is 6.54 Å². The fourth-order valence-electron chi connectivity index (χ4n) is 3.51. The van der Waals surface area contributed by atoms with E-state index in [1.54, 1.807) is 0 Å². The van der Waals surface area contributed by atoms with Gasteiger partial charge in [-0.25, -0.2) is 4.48 Å². The summed E-state index contributed by atoms with van der Waals surface area (Å²) in [5.41, 5.74) is 5.39. The molecule has 0 aliphatic heterocycles. The van der Waals surface area contributed by atoms with E-state index in [1.165, 1.54) is 22.6 Å². The summed E-state index contributed by atoms with van der Waals surface area (Å²) in [5.74, 6) is 0. The summed E-state index contributed by atoms with van der Waals surface area (Å²) in [7, 11) is 0. The maximum atomic E-state index is 2.28. The molecule has 1 nitrogen and oxygen atoms in total. The van der Waals surface area contributed by atoms with E-state index in [1.807, 2.05) is 0 Å². The van der Waals surface area contributed by atoms with Crippen molar-refractivity contribution in [1.82, 2.24) is 4.48 Å². The van der Waals surface area contributed by atoms with Crippen LogP contribution >= 0.6 is 0 Å². The average molecular weight is 302 g/mol. The van der Waals surface area contributed by atoms with E-state index < -0.39 is 0 Å². The van der Waals surface area contributed by atoms with Crippen LogP contribution in [0.3, 0.4) is 0 Å². The molecule has 0 aliphatic carbocycles. The zero-order chi connectivity index (χ0) is 16.1. The van der Waals surface area contributed by atoms with Gasteiger partial charge in [-0.1, -0.05) is 61.5 Å². The lowest BCUT2D eigenvalue weighted by molar-refractivity contribution is 0.540. The molecule has 3 rings (SSSR count). The van der Waals surface area contributed by atoms with Crippen molar-refractivity contribution >= 4 is 17.1 Å². The van der Waals surface area contributed by atoms with Crippen LogP contribution < -0.4 is 4.48 Å². The monoisotopic (exact) mass is 302 g/mol. The second-order valence-electron chi connectivity index (χ2n) is 5.78. The van der Waals surface area contributed by atoms with Gasteiger partial charge < -0.3 is 0 Å².